The van der Waals surface area contributed by atoms with Crippen LogP contribution in [0.1, 0.15) is 16.1 Å². The van der Waals surface area contributed by atoms with Gasteiger partial charge in [0.2, 0.25) is 0 Å². The van der Waals surface area contributed by atoms with E-state index in [1.54, 1.807) is 13.0 Å². The predicted octanol–water partition coefficient (Wildman–Crippen LogP) is 1.19. The maximum Gasteiger partial charge on any atom is 0.341 e. The number of ether oxygens (including phenoxy) is 2. The van der Waals surface area contributed by atoms with E-state index in [0.717, 1.165) is 5.69 Å². The van der Waals surface area contributed by atoms with E-state index < -0.39 is 5.97 Å². The summed E-state index contributed by atoms with van der Waals surface area (Å²) in [7, 11) is 2.82. The van der Waals surface area contributed by atoms with Crippen LogP contribution in [0.5, 0.6) is 5.75 Å². The quantitative estimate of drug-likeness (QED) is 0.643. The van der Waals surface area contributed by atoms with Crippen molar-refractivity contribution in [2.45, 2.75) is 6.92 Å². The molecule has 0 spiro atoms. The van der Waals surface area contributed by atoms with Crippen LogP contribution in [0, 0.1) is 6.92 Å². The highest BCUT2D eigenvalue weighted by molar-refractivity contribution is 5.92. The summed E-state index contributed by atoms with van der Waals surface area (Å²) in [5.41, 5.74) is 1.15. The topological polar surface area (TPSA) is 48.4 Å². The van der Waals surface area contributed by atoms with Gasteiger partial charge in [0.25, 0.3) is 0 Å². The molecule has 0 aliphatic rings. The average molecular weight is 181 g/mol. The van der Waals surface area contributed by atoms with E-state index in [2.05, 4.69) is 9.72 Å². The van der Waals surface area contributed by atoms with E-state index in [-0.39, 0.29) is 0 Å². The lowest BCUT2D eigenvalue weighted by atomic mass is 10.2. The van der Waals surface area contributed by atoms with Crippen LogP contribution < -0.4 is 4.74 Å². The largest absolute Gasteiger partial charge is 0.494 e. The summed E-state index contributed by atoms with van der Waals surface area (Å²) in [6, 6.07) is 1.63. The lowest BCUT2D eigenvalue weighted by molar-refractivity contribution is 0.0597. The van der Waals surface area contributed by atoms with Crippen LogP contribution in [0.3, 0.4) is 0 Å². The maximum absolute atomic E-state index is 11.2. The first-order valence-corrected chi connectivity index (χ1v) is 3.78. The Hall–Kier alpha value is -1.58. The van der Waals surface area contributed by atoms with Crippen LogP contribution in [0.15, 0.2) is 12.3 Å². The van der Waals surface area contributed by atoms with E-state index >= 15 is 0 Å². The van der Waals surface area contributed by atoms with Gasteiger partial charge >= 0.3 is 5.97 Å². The molecule has 13 heavy (non-hydrogen) atoms. The first-order chi connectivity index (χ1) is 6.19. The van der Waals surface area contributed by atoms with Crippen molar-refractivity contribution in [2.24, 2.45) is 0 Å². The van der Waals surface area contributed by atoms with Crippen LogP contribution >= 0.6 is 0 Å². The average Bonchev–Trinajstić information content (AvgIpc) is 2.16. The van der Waals surface area contributed by atoms with Crippen molar-refractivity contribution < 1.29 is 14.3 Å². The van der Waals surface area contributed by atoms with E-state index in [9.17, 15) is 4.79 Å². The van der Waals surface area contributed by atoms with Crippen LogP contribution in [0.4, 0.5) is 0 Å². The number of nitrogens with zero attached hydrogens (tertiary/aromatic N) is 1. The van der Waals surface area contributed by atoms with Gasteiger partial charge in [-0.15, -0.1) is 0 Å². The summed E-state index contributed by atoms with van der Waals surface area (Å²) in [5, 5.41) is 0. The van der Waals surface area contributed by atoms with Crippen molar-refractivity contribution in [3.63, 3.8) is 0 Å². The van der Waals surface area contributed by atoms with Gasteiger partial charge in [-0.1, -0.05) is 0 Å². The molecule has 0 aromatic carbocycles. The third kappa shape index (κ3) is 1.96. The fourth-order valence-corrected chi connectivity index (χ4v) is 0.979. The number of carbonyl (C=O) groups excluding carboxylic acids is 1. The molecule has 0 bridgehead atoms. The Kier molecular flexibility index (Phi) is 2.84. The van der Waals surface area contributed by atoms with Crippen LogP contribution in [0.2, 0.25) is 0 Å². The number of aromatic nitrogens is 1. The molecule has 0 aliphatic carbocycles. The second kappa shape index (κ2) is 3.89. The lowest BCUT2D eigenvalue weighted by Gasteiger charge is -2.06. The molecule has 0 aliphatic heterocycles. The SMILES string of the molecule is COC(=O)c1cc(C)ncc1OC. The molecular formula is C9H11NO3. The van der Waals surface area contributed by atoms with Gasteiger partial charge in [-0.05, 0) is 13.0 Å². The molecule has 0 atom stereocenters. The normalized spacial score (nSPS) is 9.46. The van der Waals surface area contributed by atoms with Crippen molar-refractivity contribution in [1.82, 2.24) is 4.98 Å². The zero-order valence-electron chi connectivity index (χ0n) is 7.83. The summed E-state index contributed by atoms with van der Waals surface area (Å²) in [5.74, 6) is 0.0137. The second-order valence-corrected chi connectivity index (χ2v) is 2.52. The van der Waals surface area contributed by atoms with E-state index in [1.807, 2.05) is 0 Å². The summed E-state index contributed by atoms with van der Waals surface area (Å²) < 4.78 is 9.55. The number of rotatable bonds is 2. The number of hydrogen-bond acceptors (Lipinski definition) is 4. The van der Waals surface area contributed by atoms with Crippen molar-refractivity contribution in [2.75, 3.05) is 14.2 Å². The van der Waals surface area contributed by atoms with Gasteiger partial charge in [-0.2, -0.15) is 0 Å². The minimum atomic E-state index is -0.414. The Morgan fingerprint density at radius 2 is 2.15 bits per heavy atom. The Labute approximate surface area is 76.5 Å². The number of aryl methyl sites for hydroxylation is 1. The highest BCUT2D eigenvalue weighted by atomic mass is 16.5. The molecule has 0 amide bonds. The zero-order chi connectivity index (χ0) is 9.84. The number of pyridine rings is 1. The highest BCUT2D eigenvalue weighted by Crippen LogP contribution is 2.17. The number of hydrogen-bond donors (Lipinski definition) is 0. The van der Waals surface area contributed by atoms with Crippen molar-refractivity contribution in [3.05, 3.63) is 23.5 Å². The molecule has 0 fully saturated rings. The molecule has 1 aromatic heterocycles. The Bertz CT molecular complexity index is 323. The summed E-state index contributed by atoms with van der Waals surface area (Å²) in [6.07, 6.45) is 1.50. The number of esters is 1. The van der Waals surface area contributed by atoms with Gasteiger partial charge in [0.1, 0.15) is 5.56 Å². The minimum Gasteiger partial charge on any atom is -0.494 e. The van der Waals surface area contributed by atoms with Crippen LogP contribution in [-0.4, -0.2) is 25.2 Å². The molecule has 1 heterocycles. The maximum atomic E-state index is 11.2. The first kappa shape index (κ1) is 9.51. The molecule has 1 rings (SSSR count). The smallest absolute Gasteiger partial charge is 0.341 e. The van der Waals surface area contributed by atoms with Gasteiger partial charge in [0.15, 0.2) is 5.75 Å². The molecule has 4 heteroatoms. The van der Waals surface area contributed by atoms with Gasteiger partial charge in [-0.25, -0.2) is 4.79 Å². The Morgan fingerprint density at radius 1 is 1.46 bits per heavy atom. The fraction of sp³-hybridized carbons (Fsp3) is 0.333. The number of carbonyl (C=O) groups is 1. The lowest BCUT2D eigenvalue weighted by Crippen LogP contribution is -2.05. The molecule has 0 saturated carbocycles. The minimum absolute atomic E-state index is 0.400. The predicted molar refractivity (Wildman–Crippen MR) is 46.9 cm³/mol. The van der Waals surface area contributed by atoms with Gasteiger partial charge in [0.05, 0.1) is 20.4 Å². The van der Waals surface area contributed by atoms with Crippen molar-refractivity contribution in [3.8, 4) is 5.75 Å². The third-order valence-electron chi connectivity index (χ3n) is 1.63. The van der Waals surface area contributed by atoms with Gasteiger partial charge in [0, 0.05) is 5.69 Å². The Balaban J connectivity index is 3.15. The van der Waals surface area contributed by atoms with E-state index in [4.69, 9.17) is 4.74 Å². The van der Waals surface area contributed by atoms with Crippen LogP contribution in [0.25, 0.3) is 0 Å². The Morgan fingerprint density at radius 3 is 2.69 bits per heavy atom. The van der Waals surface area contributed by atoms with E-state index in [0.29, 0.717) is 11.3 Å². The molecule has 0 unspecified atom stereocenters. The molecule has 70 valence electrons. The van der Waals surface area contributed by atoms with E-state index in [1.165, 1.54) is 20.4 Å². The molecule has 0 N–H and O–H groups in total. The molecule has 1 aromatic rings. The molecular weight excluding hydrogens is 170 g/mol. The summed E-state index contributed by atoms with van der Waals surface area (Å²) >= 11 is 0. The third-order valence-corrected chi connectivity index (χ3v) is 1.63. The highest BCUT2D eigenvalue weighted by Gasteiger charge is 2.12. The summed E-state index contributed by atoms with van der Waals surface area (Å²) in [6.45, 7) is 1.80. The summed E-state index contributed by atoms with van der Waals surface area (Å²) in [4.78, 5) is 15.2. The standard InChI is InChI=1S/C9H11NO3/c1-6-4-7(9(11)13-3)8(12-2)5-10-6/h4-5H,1-3H3. The van der Waals surface area contributed by atoms with Gasteiger partial charge in [-0.3, -0.25) is 4.98 Å². The zero-order valence-corrected chi connectivity index (χ0v) is 7.83. The van der Waals surface area contributed by atoms with Crippen molar-refractivity contribution >= 4 is 5.97 Å². The molecule has 0 radical (unpaired) electrons. The monoisotopic (exact) mass is 181 g/mol. The molecule has 0 saturated heterocycles. The first-order valence-electron chi connectivity index (χ1n) is 3.78. The second-order valence-electron chi connectivity index (χ2n) is 2.52. The molecule has 4 nitrogen and oxygen atoms in total. The number of methoxy groups -OCH3 is 2. The fourth-order valence-electron chi connectivity index (χ4n) is 0.979. The van der Waals surface area contributed by atoms with Crippen molar-refractivity contribution in [1.29, 1.82) is 0 Å². The van der Waals surface area contributed by atoms with Gasteiger partial charge < -0.3 is 9.47 Å². The van der Waals surface area contributed by atoms with Crippen LogP contribution in [-0.2, 0) is 4.74 Å².